The van der Waals surface area contributed by atoms with Gasteiger partial charge in [0.2, 0.25) is 15.9 Å². The third kappa shape index (κ3) is 5.67. The first kappa shape index (κ1) is 24.8. The second-order valence-electron chi connectivity index (χ2n) is 9.53. The van der Waals surface area contributed by atoms with Crippen molar-refractivity contribution in [3.63, 3.8) is 0 Å². The Morgan fingerprint density at radius 2 is 1.65 bits per heavy atom. The standard InChI is InChI=1S/C26H34FN3O3S/c1-20-4-9-25(21(2)18-20)34(32,33)30-14-10-23(11-15-30)26(31)29-13-3-12-28(16-17-29)19-22-5-7-24(27)8-6-22/h4-9,18,23H,3,10-17,19H2,1-2H3. The second-order valence-corrected chi connectivity index (χ2v) is 11.4. The maximum atomic E-state index is 13.2. The summed E-state index contributed by atoms with van der Waals surface area (Å²) in [7, 11) is -3.55. The van der Waals surface area contributed by atoms with Crippen LogP contribution < -0.4 is 0 Å². The number of carbonyl (C=O) groups excluding carboxylic acids is 1. The third-order valence-corrected chi connectivity index (χ3v) is 9.03. The fourth-order valence-corrected chi connectivity index (χ4v) is 6.70. The summed E-state index contributed by atoms with van der Waals surface area (Å²) in [5.74, 6) is -0.217. The zero-order valence-electron chi connectivity index (χ0n) is 20.0. The van der Waals surface area contributed by atoms with Gasteiger partial charge in [-0.15, -0.1) is 0 Å². The lowest BCUT2D eigenvalue weighted by atomic mass is 9.96. The summed E-state index contributed by atoms with van der Waals surface area (Å²) in [6.07, 6.45) is 2.00. The fraction of sp³-hybridized carbons (Fsp3) is 0.500. The molecule has 184 valence electrons. The largest absolute Gasteiger partial charge is 0.341 e. The van der Waals surface area contributed by atoms with Crippen molar-refractivity contribution in [2.45, 2.75) is 44.6 Å². The van der Waals surface area contributed by atoms with Crippen molar-refractivity contribution in [2.75, 3.05) is 39.3 Å². The highest BCUT2D eigenvalue weighted by Gasteiger charge is 2.34. The minimum Gasteiger partial charge on any atom is -0.341 e. The van der Waals surface area contributed by atoms with Crippen LogP contribution in [0.5, 0.6) is 0 Å². The molecule has 0 bridgehead atoms. The Balaban J connectivity index is 1.31. The summed E-state index contributed by atoms with van der Waals surface area (Å²) in [5.41, 5.74) is 2.86. The number of sulfonamides is 1. The van der Waals surface area contributed by atoms with Gasteiger partial charge in [-0.25, -0.2) is 12.8 Å². The van der Waals surface area contributed by atoms with Crippen LogP contribution >= 0.6 is 0 Å². The van der Waals surface area contributed by atoms with Gasteiger partial charge in [-0.2, -0.15) is 4.31 Å². The molecule has 0 atom stereocenters. The van der Waals surface area contributed by atoms with Crippen molar-refractivity contribution < 1.29 is 17.6 Å². The molecule has 8 heteroatoms. The number of amides is 1. The van der Waals surface area contributed by atoms with Crippen LogP contribution in [0.2, 0.25) is 0 Å². The summed E-state index contributed by atoms with van der Waals surface area (Å²) >= 11 is 0. The van der Waals surface area contributed by atoms with Gasteiger partial charge in [-0.1, -0.05) is 29.8 Å². The summed E-state index contributed by atoms with van der Waals surface area (Å²) in [5, 5.41) is 0. The van der Waals surface area contributed by atoms with E-state index < -0.39 is 10.0 Å². The van der Waals surface area contributed by atoms with E-state index in [1.54, 1.807) is 6.07 Å². The minimum absolute atomic E-state index is 0.130. The molecule has 0 spiro atoms. The van der Waals surface area contributed by atoms with Gasteiger partial charge in [0.25, 0.3) is 0 Å². The Morgan fingerprint density at radius 3 is 2.32 bits per heavy atom. The highest BCUT2D eigenvalue weighted by Crippen LogP contribution is 2.27. The lowest BCUT2D eigenvalue weighted by Gasteiger charge is -2.33. The average molecular weight is 488 g/mol. The van der Waals surface area contributed by atoms with Crippen LogP contribution in [0, 0.1) is 25.6 Å². The van der Waals surface area contributed by atoms with Crippen molar-refractivity contribution in [2.24, 2.45) is 5.92 Å². The third-order valence-electron chi connectivity index (χ3n) is 6.97. The second kappa shape index (κ2) is 10.5. The molecule has 2 aromatic carbocycles. The van der Waals surface area contributed by atoms with Crippen LogP contribution in [0.1, 0.15) is 36.0 Å². The van der Waals surface area contributed by atoms with Gasteiger partial charge in [0.15, 0.2) is 0 Å². The van der Waals surface area contributed by atoms with Gasteiger partial charge in [-0.3, -0.25) is 9.69 Å². The number of carbonyl (C=O) groups is 1. The topological polar surface area (TPSA) is 60.9 Å². The zero-order chi connectivity index (χ0) is 24.3. The van der Waals surface area contributed by atoms with E-state index in [1.807, 2.05) is 43.0 Å². The molecule has 2 saturated heterocycles. The van der Waals surface area contributed by atoms with Crippen LogP contribution in [-0.4, -0.2) is 67.7 Å². The van der Waals surface area contributed by atoms with Crippen molar-refractivity contribution in [1.82, 2.24) is 14.1 Å². The molecule has 0 radical (unpaired) electrons. The summed E-state index contributed by atoms with van der Waals surface area (Å²) in [4.78, 5) is 17.8. The Hall–Kier alpha value is -2.29. The molecule has 0 aromatic heterocycles. The molecule has 0 aliphatic carbocycles. The average Bonchev–Trinajstić information content (AvgIpc) is 3.05. The number of hydrogen-bond acceptors (Lipinski definition) is 4. The summed E-state index contributed by atoms with van der Waals surface area (Å²) in [6, 6.07) is 12.0. The number of hydrogen-bond donors (Lipinski definition) is 0. The number of piperidine rings is 1. The minimum atomic E-state index is -3.55. The Kier molecular flexibility index (Phi) is 7.70. The smallest absolute Gasteiger partial charge is 0.243 e. The van der Waals surface area contributed by atoms with Crippen molar-refractivity contribution in [3.8, 4) is 0 Å². The van der Waals surface area contributed by atoms with E-state index in [4.69, 9.17) is 0 Å². The van der Waals surface area contributed by atoms with Crippen LogP contribution in [0.3, 0.4) is 0 Å². The monoisotopic (exact) mass is 487 g/mol. The lowest BCUT2D eigenvalue weighted by Crippen LogP contribution is -2.45. The van der Waals surface area contributed by atoms with Gasteiger partial charge < -0.3 is 4.90 Å². The Morgan fingerprint density at radius 1 is 0.941 bits per heavy atom. The maximum Gasteiger partial charge on any atom is 0.243 e. The molecule has 0 saturated carbocycles. The number of nitrogens with zero attached hydrogens (tertiary/aromatic N) is 3. The molecule has 6 nitrogen and oxygen atoms in total. The predicted molar refractivity (Wildman–Crippen MR) is 130 cm³/mol. The van der Waals surface area contributed by atoms with Crippen molar-refractivity contribution in [1.29, 1.82) is 0 Å². The molecule has 2 aliphatic heterocycles. The van der Waals surface area contributed by atoms with Crippen LogP contribution in [0.15, 0.2) is 47.4 Å². The number of aryl methyl sites for hydroxylation is 2. The van der Waals surface area contributed by atoms with E-state index in [1.165, 1.54) is 16.4 Å². The first-order valence-corrected chi connectivity index (χ1v) is 13.5. The molecule has 2 fully saturated rings. The molecule has 4 rings (SSSR count). The molecular weight excluding hydrogens is 453 g/mol. The predicted octanol–water partition coefficient (Wildman–Crippen LogP) is 3.58. The van der Waals surface area contributed by atoms with E-state index in [-0.39, 0.29) is 17.6 Å². The zero-order valence-corrected chi connectivity index (χ0v) is 20.9. The highest BCUT2D eigenvalue weighted by molar-refractivity contribution is 7.89. The van der Waals surface area contributed by atoms with Gasteiger partial charge >= 0.3 is 0 Å². The van der Waals surface area contributed by atoms with Crippen LogP contribution in [0.25, 0.3) is 0 Å². The van der Waals surface area contributed by atoms with Gasteiger partial charge in [0.1, 0.15) is 5.82 Å². The Labute approximate surface area is 202 Å². The van der Waals surface area contributed by atoms with Gasteiger partial charge in [0.05, 0.1) is 4.90 Å². The molecule has 0 N–H and O–H groups in total. The molecular formula is C26H34FN3O3S. The van der Waals surface area contributed by atoms with E-state index >= 15 is 0 Å². The molecule has 2 aromatic rings. The lowest BCUT2D eigenvalue weighted by molar-refractivity contribution is -0.136. The van der Waals surface area contributed by atoms with Crippen molar-refractivity contribution in [3.05, 3.63) is 65.0 Å². The van der Waals surface area contributed by atoms with E-state index in [0.717, 1.165) is 49.3 Å². The van der Waals surface area contributed by atoms with Gasteiger partial charge in [-0.05, 0) is 62.4 Å². The Bertz CT molecular complexity index is 1110. The normalized spacial score (nSPS) is 19.2. The van der Waals surface area contributed by atoms with Crippen LogP contribution in [0.4, 0.5) is 4.39 Å². The van der Waals surface area contributed by atoms with Crippen LogP contribution in [-0.2, 0) is 21.4 Å². The van der Waals surface area contributed by atoms with Gasteiger partial charge in [0, 0.05) is 51.7 Å². The summed E-state index contributed by atoms with van der Waals surface area (Å²) in [6.45, 7) is 8.34. The maximum absolute atomic E-state index is 13.2. The highest BCUT2D eigenvalue weighted by atomic mass is 32.2. The van der Waals surface area contributed by atoms with Crippen molar-refractivity contribution >= 4 is 15.9 Å². The van der Waals surface area contributed by atoms with E-state index in [0.29, 0.717) is 37.4 Å². The SMILES string of the molecule is Cc1ccc(S(=O)(=O)N2CCC(C(=O)N3CCCN(Cc4ccc(F)cc4)CC3)CC2)c(C)c1. The molecule has 2 aliphatic rings. The molecule has 1 amide bonds. The fourth-order valence-electron chi connectivity index (χ4n) is 5.03. The van der Waals surface area contributed by atoms with E-state index in [2.05, 4.69) is 4.90 Å². The summed E-state index contributed by atoms with van der Waals surface area (Å²) < 4.78 is 41.0. The molecule has 0 unspecified atom stereocenters. The number of benzene rings is 2. The first-order valence-electron chi connectivity index (χ1n) is 12.1. The van der Waals surface area contributed by atoms with E-state index in [9.17, 15) is 17.6 Å². The molecule has 2 heterocycles. The number of halogens is 1. The molecule has 34 heavy (non-hydrogen) atoms. The quantitative estimate of drug-likeness (QED) is 0.647. The number of rotatable bonds is 5. The first-order chi connectivity index (χ1) is 16.2.